The second-order valence-corrected chi connectivity index (χ2v) is 7.43. The highest BCUT2D eigenvalue weighted by Gasteiger charge is 2.44. The number of para-hydroxylation sites is 2. The summed E-state index contributed by atoms with van der Waals surface area (Å²) < 4.78 is 0. The lowest BCUT2D eigenvalue weighted by molar-refractivity contribution is -0.137. The van der Waals surface area contributed by atoms with Crippen LogP contribution in [0.25, 0.3) is 16.6 Å². The molecule has 4 N–H and O–H groups in total. The van der Waals surface area contributed by atoms with Crippen LogP contribution in [0.2, 0.25) is 0 Å². The number of rotatable bonds is 7. The summed E-state index contributed by atoms with van der Waals surface area (Å²) in [5.74, 6) is -0.368. The molecule has 2 heterocycles. The summed E-state index contributed by atoms with van der Waals surface area (Å²) in [6.45, 7) is 2.35. The van der Waals surface area contributed by atoms with E-state index in [1.165, 1.54) is 0 Å². The van der Waals surface area contributed by atoms with Gasteiger partial charge in [-0.1, -0.05) is 12.1 Å². The van der Waals surface area contributed by atoms with Crippen molar-refractivity contribution in [1.29, 1.82) is 0 Å². The average molecular weight is 367 g/mol. The van der Waals surface area contributed by atoms with E-state index in [1.54, 1.807) is 6.20 Å². The van der Waals surface area contributed by atoms with E-state index in [1.807, 2.05) is 30.5 Å². The maximum absolute atomic E-state index is 10.8. The third-order valence-electron chi connectivity index (χ3n) is 5.50. The van der Waals surface area contributed by atoms with Crippen LogP contribution in [0.4, 0.5) is 0 Å². The molecule has 1 aliphatic carbocycles. The third-order valence-corrected chi connectivity index (χ3v) is 5.50. The van der Waals surface area contributed by atoms with E-state index in [0.717, 1.165) is 48.2 Å². The SMILES string of the molecule is NC/C(=C\NC1CCN(C2CC2CC(=O)O)C1)c1cnc2ccccc2n1. The van der Waals surface area contributed by atoms with Crippen molar-refractivity contribution >= 4 is 22.6 Å². The summed E-state index contributed by atoms with van der Waals surface area (Å²) in [5, 5.41) is 12.4. The maximum Gasteiger partial charge on any atom is 0.303 e. The zero-order valence-electron chi connectivity index (χ0n) is 15.2. The third kappa shape index (κ3) is 4.09. The van der Waals surface area contributed by atoms with Crippen LogP contribution in [-0.4, -0.2) is 57.7 Å². The van der Waals surface area contributed by atoms with Gasteiger partial charge in [0, 0.05) is 49.9 Å². The van der Waals surface area contributed by atoms with Gasteiger partial charge in [0.05, 0.1) is 22.9 Å². The van der Waals surface area contributed by atoms with Crippen LogP contribution in [0.15, 0.2) is 36.7 Å². The van der Waals surface area contributed by atoms with Gasteiger partial charge in [0.25, 0.3) is 0 Å². The number of aromatic nitrogens is 2. The molecular weight excluding hydrogens is 342 g/mol. The molecule has 2 aromatic rings. The first kappa shape index (κ1) is 17.9. The second kappa shape index (κ2) is 7.62. The molecule has 142 valence electrons. The molecule has 1 saturated heterocycles. The van der Waals surface area contributed by atoms with Gasteiger partial charge in [-0.3, -0.25) is 14.7 Å². The molecule has 0 spiro atoms. The van der Waals surface area contributed by atoms with Crippen molar-refractivity contribution < 1.29 is 9.90 Å². The summed E-state index contributed by atoms with van der Waals surface area (Å²) in [7, 11) is 0. The molecule has 7 nitrogen and oxygen atoms in total. The Kier molecular flexibility index (Phi) is 5.05. The van der Waals surface area contributed by atoms with E-state index < -0.39 is 5.97 Å². The highest BCUT2D eigenvalue weighted by atomic mass is 16.4. The van der Waals surface area contributed by atoms with Crippen molar-refractivity contribution in [3.63, 3.8) is 0 Å². The summed E-state index contributed by atoms with van der Waals surface area (Å²) in [6, 6.07) is 8.59. The fourth-order valence-corrected chi connectivity index (χ4v) is 3.91. The number of fused-ring (bicyclic) bond motifs is 1. The topological polar surface area (TPSA) is 104 Å². The number of nitrogens with zero attached hydrogens (tertiary/aromatic N) is 3. The number of aliphatic carboxylic acids is 1. The number of carboxylic acid groups (broad SMARTS) is 1. The van der Waals surface area contributed by atoms with Crippen molar-refractivity contribution in [2.45, 2.75) is 31.3 Å². The molecule has 2 fully saturated rings. The molecule has 4 rings (SSSR count). The van der Waals surface area contributed by atoms with Gasteiger partial charge in [-0.2, -0.15) is 0 Å². The van der Waals surface area contributed by atoms with Crippen LogP contribution < -0.4 is 11.1 Å². The lowest BCUT2D eigenvalue weighted by Gasteiger charge is -2.16. The Labute approximate surface area is 158 Å². The smallest absolute Gasteiger partial charge is 0.303 e. The Bertz CT molecular complexity index is 868. The largest absolute Gasteiger partial charge is 0.481 e. The molecule has 3 atom stereocenters. The summed E-state index contributed by atoms with van der Waals surface area (Å²) in [5.41, 5.74) is 9.40. The van der Waals surface area contributed by atoms with E-state index in [2.05, 4.69) is 20.2 Å². The van der Waals surface area contributed by atoms with Crippen LogP contribution in [0, 0.1) is 5.92 Å². The number of benzene rings is 1. The Balaban J connectivity index is 1.37. The Morgan fingerprint density at radius 3 is 2.96 bits per heavy atom. The van der Waals surface area contributed by atoms with E-state index in [9.17, 15) is 4.79 Å². The highest BCUT2D eigenvalue weighted by molar-refractivity contribution is 5.76. The number of likely N-dealkylation sites (tertiary alicyclic amines) is 1. The Morgan fingerprint density at radius 1 is 1.37 bits per heavy atom. The standard InChI is InChI=1S/C20H25N5O2/c21-9-14(18-11-23-16-3-1-2-4-17(16)24-18)10-22-15-5-6-25(12-15)19-7-13(19)8-20(26)27/h1-4,10-11,13,15,19,22H,5-9,12,21H2,(H,26,27)/b14-10+. The molecule has 7 heteroatoms. The molecule has 0 bridgehead atoms. The van der Waals surface area contributed by atoms with Crippen molar-refractivity contribution in [3.05, 3.63) is 42.4 Å². The van der Waals surface area contributed by atoms with Crippen molar-refractivity contribution in [1.82, 2.24) is 20.2 Å². The molecule has 1 saturated carbocycles. The highest BCUT2D eigenvalue weighted by Crippen LogP contribution is 2.40. The number of hydrogen-bond acceptors (Lipinski definition) is 6. The molecule has 1 aromatic heterocycles. The molecule has 3 unspecified atom stereocenters. The van der Waals surface area contributed by atoms with E-state index in [0.29, 0.717) is 24.5 Å². The monoisotopic (exact) mass is 367 g/mol. The Hall–Kier alpha value is -2.51. The van der Waals surface area contributed by atoms with Gasteiger partial charge in [0.1, 0.15) is 0 Å². The zero-order valence-corrected chi connectivity index (χ0v) is 15.2. The molecule has 1 aromatic carbocycles. The van der Waals surface area contributed by atoms with Gasteiger partial charge in [0.15, 0.2) is 0 Å². The average Bonchev–Trinajstić information content (AvgIpc) is 3.26. The number of nitrogens with one attached hydrogen (secondary N) is 1. The van der Waals surface area contributed by atoms with E-state index in [-0.39, 0.29) is 6.42 Å². The molecule has 2 aliphatic rings. The van der Waals surface area contributed by atoms with Crippen LogP contribution >= 0.6 is 0 Å². The van der Waals surface area contributed by atoms with Crippen LogP contribution in [0.5, 0.6) is 0 Å². The quantitative estimate of drug-likeness (QED) is 0.680. The lowest BCUT2D eigenvalue weighted by atomic mass is 10.2. The van der Waals surface area contributed by atoms with E-state index in [4.69, 9.17) is 10.8 Å². The number of carbonyl (C=O) groups is 1. The normalized spacial score (nSPS) is 25.7. The predicted molar refractivity (Wildman–Crippen MR) is 104 cm³/mol. The zero-order chi connectivity index (χ0) is 18.8. The molecule has 0 amide bonds. The molecular formula is C20H25N5O2. The molecule has 0 radical (unpaired) electrons. The minimum atomic E-state index is -0.691. The van der Waals surface area contributed by atoms with Gasteiger partial charge in [-0.05, 0) is 30.9 Å². The number of hydrogen-bond donors (Lipinski definition) is 3. The van der Waals surface area contributed by atoms with Crippen molar-refractivity contribution in [2.24, 2.45) is 11.7 Å². The fourth-order valence-electron chi connectivity index (χ4n) is 3.91. The maximum atomic E-state index is 10.8. The minimum Gasteiger partial charge on any atom is -0.481 e. The van der Waals surface area contributed by atoms with Gasteiger partial charge in [-0.25, -0.2) is 4.98 Å². The first-order valence-electron chi connectivity index (χ1n) is 9.47. The van der Waals surface area contributed by atoms with E-state index >= 15 is 0 Å². The predicted octanol–water partition coefficient (Wildman–Crippen LogP) is 1.46. The first-order chi connectivity index (χ1) is 13.1. The van der Waals surface area contributed by atoms with Crippen LogP contribution in [-0.2, 0) is 4.79 Å². The summed E-state index contributed by atoms with van der Waals surface area (Å²) in [6.07, 6.45) is 6.08. The fraction of sp³-hybridized carbons (Fsp3) is 0.450. The number of carboxylic acids is 1. The van der Waals surface area contributed by atoms with Gasteiger partial charge in [0.2, 0.25) is 0 Å². The molecule has 27 heavy (non-hydrogen) atoms. The van der Waals surface area contributed by atoms with Gasteiger partial charge >= 0.3 is 5.97 Å². The first-order valence-corrected chi connectivity index (χ1v) is 9.47. The second-order valence-electron chi connectivity index (χ2n) is 7.43. The lowest BCUT2D eigenvalue weighted by Crippen LogP contribution is -2.31. The van der Waals surface area contributed by atoms with Crippen LogP contribution in [0.1, 0.15) is 25.0 Å². The van der Waals surface area contributed by atoms with Crippen LogP contribution in [0.3, 0.4) is 0 Å². The van der Waals surface area contributed by atoms with Crippen molar-refractivity contribution in [3.8, 4) is 0 Å². The summed E-state index contributed by atoms with van der Waals surface area (Å²) in [4.78, 5) is 22.4. The van der Waals surface area contributed by atoms with Gasteiger partial charge < -0.3 is 16.2 Å². The van der Waals surface area contributed by atoms with Gasteiger partial charge in [-0.15, -0.1) is 0 Å². The minimum absolute atomic E-state index is 0.289. The summed E-state index contributed by atoms with van der Waals surface area (Å²) >= 11 is 0. The number of nitrogens with two attached hydrogens (primary N) is 1. The van der Waals surface area contributed by atoms with Crippen molar-refractivity contribution in [2.75, 3.05) is 19.6 Å². The molecule has 1 aliphatic heterocycles. The Morgan fingerprint density at radius 2 is 2.19 bits per heavy atom.